The maximum atomic E-state index is 11.2. The highest BCUT2D eigenvalue weighted by Crippen LogP contribution is 2.21. The molecule has 1 saturated heterocycles. The van der Waals surface area contributed by atoms with Crippen LogP contribution in [0.15, 0.2) is 24.3 Å². The number of benzene rings is 1. The fourth-order valence-corrected chi connectivity index (χ4v) is 2.48. The van der Waals surface area contributed by atoms with Gasteiger partial charge in [0.05, 0.1) is 13.0 Å². The van der Waals surface area contributed by atoms with Gasteiger partial charge in [0, 0.05) is 6.04 Å². The Morgan fingerprint density at radius 2 is 2.17 bits per heavy atom. The van der Waals surface area contributed by atoms with Gasteiger partial charge in [0.15, 0.2) is 0 Å². The molecule has 2 N–H and O–H groups in total. The van der Waals surface area contributed by atoms with Crippen LogP contribution in [0.25, 0.3) is 0 Å². The van der Waals surface area contributed by atoms with Crippen LogP contribution in [-0.4, -0.2) is 30.8 Å². The average Bonchev–Trinajstić information content (AvgIpc) is 2.40. The number of carbonyl (C=O) groups is 1. The number of hydrogen-bond acceptors (Lipinski definition) is 3. The molecular weight excluding hydrogens is 230 g/mol. The van der Waals surface area contributed by atoms with E-state index in [-0.39, 0.29) is 12.0 Å². The minimum atomic E-state index is -0.694. The van der Waals surface area contributed by atoms with Crippen LogP contribution in [0.4, 0.5) is 0 Å². The van der Waals surface area contributed by atoms with Crippen molar-refractivity contribution < 1.29 is 14.6 Å². The first-order valence-corrected chi connectivity index (χ1v) is 6.30. The number of carboxylic acid groups (broad SMARTS) is 1. The van der Waals surface area contributed by atoms with Crippen molar-refractivity contribution in [3.05, 3.63) is 29.8 Å². The molecule has 0 unspecified atom stereocenters. The van der Waals surface area contributed by atoms with Crippen LogP contribution in [0.3, 0.4) is 0 Å². The lowest BCUT2D eigenvalue weighted by Crippen LogP contribution is -2.46. The summed E-state index contributed by atoms with van der Waals surface area (Å²) in [4.78, 5) is 11.2. The van der Waals surface area contributed by atoms with Crippen molar-refractivity contribution in [3.8, 4) is 5.75 Å². The maximum Gasteiger partial charge on any atom is 0.308 e. The van der Waals surface area contributed by atoms with Crippen LogP contribution in [0, 0.1) is 5.92 Å². The molecule has 2 atom stereocenters. The molecule has 0 aliphatic carbocycles. The predicted octanol–water partition coefficient (Wildman–Crippen LogP) is 1.69. The number of methoxy groups -OCH3 is 1. The molecule has 0 amide bonds. The minimum absolute atomic E-state index is 0.0321. The summed E-state index contributed by atoms with van der Waals surface area (Å²) in [5.74, 6) is -0.147. The molecular formula is C14H19NO3. The number of rotatable bonds is 4. The summed E-state index contributed by atoms with van der Waals surface area (Å²) < 4.78 is 5.11. The molecule has 1 fully saturated rings. The summed E-state index contributed by atoms with van der Waals surface area (Å²) in [6, 6.07) is 7.84. The SMILES string of the molecule is COc1ccc(C[C@H]2NCCC[C@H]2C(=O)O)cc1. The van der Waals surface area contributed by atoms with E-state index in [2.05, 4.69) is 5.32 Å². The van der Waals surface area contributed by atoms with E-state index in [1.165, 1.54) is 0 Å². The first-order chi connectivity index (χ1) is 8.70. The summed E-state index contributed by atoms with van der Waals surface area (Å²) >= 11 is 0. The number of hydrogen-bond donors (Lipinski definition) is 2. The van der Waals surface area contributed by atoms with E-state index in [9.17, 15) is 9.90 Å². The van der Waals surface area contributed by atoms with Crippen LogP contribution in [0.1, 0.15) is 18.4 Å². The largest absolute Gasteiger partial charge is 0.497 e. The monoisotopic (exact) mass is 249 g/mol. The lowest BCUT2D eigenvalue weighted by Gasteiger charge is -2.29. The van der Waals surface area contributed by atoms with Gasteiger partial charge in [0.2, 0.25) is 0 Å². The van der Waals surface area contributed by atoms with Gasteiger partial charge in [0.1, 0.15) is 5.75 Å². The Kier molecular flexibility index (Phi) is 4.20. The number of piperidine rings is 1. The van der Waals surface area contributed by atoms with Crippen LogP contribution in [-0.2, 0) is 11.2 Å². The summed E-state index contributed by atoms with van der Waals surface area (Å²) in [5.41, 5.74) is 1.14. The van der Waals surface area contributed by atoms with Crippen molar-refractivity contribution >= 4 is 5.97 Å². The van der Waals surface area contributed by atoms with Crippen molar-refractivity contribution in [2.45, 2.75) is 25.3 Å². The smallest absolute Gasteiger partial charge is 0.308 e. The van der Waals surface area contributed by atoms with E-state index in [0.717, 1.165) is 37.1 Å². The molecule has 1 aromatic carbocycles. The van der Waals surface area contributed by atoms with Crippen LogP contribution >= 0.6 is 0 Å². The molecule has 0 aromatic heterocycles. The molecule has 0 saturated carbocycles. The molecule has 1 aliphatic heterocycles. The molecule has 4 nitrogen and oxygen atoms in total. The molecule has 1 aliphatic rings. The highest BCUT2D eigenvalue weighted by molar-refractivity contribution is 5.71. The van der Waals surface area contributed by atoms with Gasteiger partial charge >= 0.3 is 5.97 Å². The normalized spacial score (nSPS) is 23.6. The Balaban J connectivity index is 2.03. The van der Waals surface area contributed by atoms with Crippen molar-refractivity contribution in [2.24, 2.45) is 5.92 Å². The molecule has 4 heteroatoms. The second-order valence-electron chi connectivity index (χ2n) is 4.70. The Morgan fingerprint density at radius 3 is 2.78 bits per heavy atom. The zero-order valence-electron chi connectivity index (χ0n) is 10.6. The van der Waals surface area contributed by atoms with Gasteiger partial charge < -0.3 is 15.2 Å². The standard InChI is InChI=1S/C14H19NO3/c1-18-11-6-4-10(5-7-11)9-13-12(14(16)17)3-2-8-15-13/h4-7,12-13,15H,2-3,8-9H2,1H3,(H,16,17)/t12-,13-/m1/s1. The highest BCUT2D eigenvalue weighted by atomic mass is 16.5. The number of ether oxygens (including phenoxy) is 1. The molecule has 0 spiro atoms. The highest BCUT2D eigenvalue weighted by Gasteiger charge is 2.30. The van der Waals surface area contributed by atoms with E-state index in [4.69, 9.17) is 4.74 Å². The van der Waals surface area contributed by atoms with Gasteiger partial charge in [0.25, 0.3) is 0 Å². The fourth-order valence-electron chi connectivity index (χ4n) is 2.48. The lowest BCUT2D eigenvalue weighted by molar-refractivity contribution is -0.143. The number of aliphatic carboxylic acids is 1. The zero-order chi connectivity index (χ0) is 13.0. The van der Waals surface area contributed by atoms with Crippen molar-refractivity contribution in [1.29, 1.82) is 0 Å². The van der Waals surface area contributed by atoms with Gasteiger partial charge in [-0.15, -0.1) is 0 Å². The van der Waals surface area contributed by atoms with Gasteiger partial charge in [-0.2, -0.15) is 0 Å². The Labute approximate surface area is 107 Å². The van der Waals surface area contributed by atoms with Crippen molar-refractivity contribution in [1.82, 2.24) is 5.32 Å². The van der Waals surface area contributed by atoms with E-state index in [1.807, 2.05) is 24.3 Å². The maximum absolute atomic E-state index is 11.2. The molecule has 1 heterocycles. The summed E-state index contributed by atoms with van der Waals surface area (Å²) in [6.07, 6.45) is 2.46. The second kappa shape index (κ2) is 5.87. The fraction of sp³-hybridized carbons (Fsp3) is 0.500. The molecule has 18 heavy (non-hydrogen) atoms. The third-order valence-electron chi connectivity index (χ3n) is 3.52. The van der Waals surface area contributed by atoms with Crippen molar-refractivity contribution in [3.63, 3.8) is 0 Å². The minimum Gasteiger partial charge on any atom is -0.497 e. The third kappa shape index (κ3) is 3.01. The van der Waals surface area contributed by atoms with Gasteiger partial charge in [-0.05, 0) is 43.5 Å². The molecule has 2 rings (SSSR count). The third-order valence-corrected chi connectivity index (χ3v) is 3.52. The first kappa shape index (κ1) is 12.9. The van der Waals surface area contributed by atoms with Gasteiger partial charge in [-0.25, -0.2) is 0 Å². The van der Waals surface area contributed by atoms with E-state index < -0.39 is 5.97 Å². The van der Waals surface area contributed by atoms with Gasteiger partial charge in [-0.3, -0.25) is 4.79 Å². The Morgan fingerprint density at radius 1 is 1.44 bits per heavy atom. The molecule has 0 radical (unpaired) electrons. The topological polar surface area (TPSA) is 58.6 Å². The predicted molar refractivity (Wildman–Crippen MR) is 68.8 cm³/mol. The first-order valence-electron chi connectivity index (χ1n) is 6.30. The number of carboxylic acids is 1. The summed E-state index contributed by atoms with van der Waals surface area (Å²) in [6.45, 7) is 0.907. The van der Waals surface area contributed by atoms with Crippen LogP contribution < -0.4 is 10.1 Å². The van der Waals surface area contributed by atoms with E-state index >= 15 is 0 Å². The number of nitrogens with one attached hydrogen (secondary N) is 1. The molecule has 1 aromatic rings. The lowest BCUT2D eigenvalue weighted by atomic mass is 9.87. The van der Waals surface area contributed by atoms with E-state index in [1.54, 1.807) is 7.11 Å². The van der Waals surface area contributed by atoms with Crippen LogP contribution in [0.2, 0.25) is 0 Å². The summed E-state index contributed by atoms with van der Waals surface area (Å²) in [7, 11) is 1.64. The molecule has 0 bridgehead atoms. The molecule has 98 valence electrons. The Hall–Kier alpha value is -1.55. The van der Waals surface area contributed by atoms with Gasteiger partial charge in [-0.1, -0.05) is 12.1 Å². The zero-order valence-corrected chi connectivity index (χ0v) is 10.6. The second-order valence-corrected chi connectivity index (χ2v) is 4.70. The van der Waals surface area contributed by atoms with Crippen molar-refractivity contribution in [2.75, 3.05) is 13.7 Å². The Bertz CT molecular complexity index is 402. The van der Waals surface area contributed by atoms with Crippen LogP contribution in [0.5, 0.6) is 5.75 Å². The average molecular weight is 249 g/mol. The summed E-state index contributed by atoms with van der Waals surface area (Å²) in [5, 5.41) is 12.5. The quantitative estimate of drug-likeness (QED) is 0.852. The van der Waals surface area contributed by atoms with E-state index in [0.29, 0.717) is 0 Å².